The summed E-state index contributed by atoms with van der Waals surface area (Å²) in [5.41, 5.74) is 9.61. The fourth-order valence-electron chi connectivity index (χ4n) is 2.03. The summed E-state index contributed by atoms with van der Waals surface area (Å²) in [5.74, 6) is 0. The smallest absolute Gasteiger partial charge is 0.0952 e. The number of aryl methyl sites for hydroxylation is 1. The van der Waals surface area contributed by atoms with E-state index in [0.717, 1.165) is 25.1 Å². The summed E-state index contributed by atoms with van der Waals surface area (Å²) < 4.78 is 2.12. The summed E-state index contributed by atoms with van der Waals surface area (Å²) in [6, 6.07) is 8.77. The minimum Gasteiger partial charge on any atom is -0.333 e. The lowest BCUT2D eigenvalue weighted by Gasteiger charge is -2.05. The van der Waals surface area contributed by atoms with E-state index >= 15 is 0 Å². The predicted octanol–water partition coefficient (Wildman–Crippen LogP) is 2.52. The van der Waals surface area contributed by atoms with Crippen LogP contribution in [-0.2, 0) is 13.0 Å². The first kappa shape index (κ1) is 12.8. The zero-order valence-corrected chi connectivity index (χ0v) is 11.1. The predicted molar refractivity (Wildman–Crippen MR) is 74.5 cm³/mol. The maximum atomic E-state index is 5.94. The Morgan fingerprint density at radius 1 is 1.39 bits per heavy atom. The van der Waals surface area contributed by atoms with Crippen molar-refractivity contribution in [3.8, 4) is 0 Å². The van der Waals surface area contributed by atoms with Crippen molar-refractivity contribution in [2.45, 2.75) is 39.3 Å². The summed E-state index contributed by atoms with van der Waals surface area (Å²) in [7, 11) is 0. The molecule has 1 aromatic heterocycles. The van der Waals surface area contributed by atoms with Crippen LogP contribution in [0.3, 0.4) is 0 Å². The number of imidazole rings is 1. The Bertz CT molecular complexity index is 502. The van der Waals surface area contributed by atoms with E-state index in [2.05, 4.69) is 53.9 Å². The van der Waals surface area contributed by atoms with Gasteiger partial charge in [-0.15, -0.1) is 0 Å². The first-order valence-corrected chi connectivity index (χ1v) is 6.49. The maximum absolute atomic E-state index is 5.94. The quantitative estimate of drug-likeness (QED) is 0.877. The molecule has 1 atom stereocenters. The van der Waals surface area contributed by atoms with Crippen molar-refractivity contribution in [1.29, 1.82) is 0 Å². The van der Waals surface area contributed by atoms with Gasteiger partial charge >= 0.3 is 0 Å². The fraction of sp³-hybridized carbons (Fsp3) is 0.400. The Balaban J connectivity index is 2.02. The first-order valence-electron chi connectivity index (χ1n) is 6.49. The van der Waals surface area contributed by atoms with E-state index in [-0.39, 0.29) is 6.04 Å². The molecule has 2 N–H and O–H groups in total. The van der Waals surface area contributed by atoms with Gasteiger partial charge in [-0.25, -0.2) is 4.98 Å². The van der Waals surface area contributed by atoms with Gasteiger partial charge in [-0.05, 0) is 18.9 Å². The molecule has 0 aliphatic rings. The second-order valence-corrected chi connectivity index (χ2v) is 4.90. The van der Waals surface area contributed by atoms with Crippen molar-refractivity contribution in [2.24, 2.45) is 5.73 Å². The largest absolute Gasteiger partial charge is 0.333 e. The second kappa shape index (κ2) is 5.83. The molecule has 0 spiro atoms. The van der Waals surface area contributed by atoms with Crippen LogP contribution in [-0.4, -0.2) is 15.6 Å². The standard InChI is InChI=1S/C15H21N3/c1-3-14(16)8-15-10-18(11-17-15)9-13-6-4-5-12(2)7-13/h4-7,10-11,14H,3,8-9,16H2,1-2H3. The van der Waals surface area contributed by atoms with Gasteiger partial charge in [0.15, 0.2) is 0 Å². The highest BCUT2D eigenvalue weighted by Crippen LogP contribution is 2.08. The van der Waals surface area contributed by atoms with Gasteiger partial charge in [-0.3, -0.25) is 0 Å². The Morgan fingerprint density at radius 2 is 2.22 bits per heavy atom. The molecule has 0 aliphatic carbocycles. The molecule has 1 unspecified atom stereocenters. The summed E-state index contributed by atoms with van der Waals surface area (Å²) in [4.78, 5) is 4.41. The zero-order chi connectivity index (χ0) is 13.0. The molecule has 2 rings (SSSR count). The van der Waals surface area contributed by atoms with Gasteiger partial charge in [-0.1, -0.05) is 36.8 Å². The lowest BCUT2D eigenvalue weighted by Crippen LogP contribution is -2.21. The second-order valence-electron chi connectivity index (χ2n) is 4.90. The van der Waals surface area contributed by atoms with Crippen LogP contribution in [0.25, 0.3) is 0 Å². The monoisotopic (exact) mass is 243 g/mol. The highest BCUT2D eigenvalue weighted by molar-refractivity contribution is 5.22. The summed E-state index contributed by atoms with van der Waals surface area (Å²) in [6.45, 7) is 5.09. The Hall–Kier alpha value is -1.61. The summed E-state index contributed by atoms with van der Waals surface area (Å²) in [5, 5.41) is 0. The lowest BCUT2D eigenvalue weighted by molar-refractivity contribution is 0.638. The van der Waals surface area contributed by atoms with E-state index in [1.54, 1.807) is 0 Å². The van der Waals surface area contributed by atoms with Crippen LogP contribution in [0.2, 0.25) is 0 Å². The molecule has 0 bridgehead atoms. The van der Waals surface area contributed by atoms with Crippen molar-refractivity contribution in [2.75, 3.05) is 0 Å². The van der Waals surface area contributed by atoms with Crippen LogP contribution in [0, 0.1) is 6.92 Å². The van der Waals surface area contributed by atoms with Gasteiger partial charge in [0, 0.05) is 25.2 Å². The molecule has 3 nitrogen and oxygen atoms in total. The van der Waals surface area contributed by atoms with Gasteiger partial charge in [-0.2, -0.15) is 0 Å². The molecular weight excluding hydrogens is 222 g/mol. The highest BCUT2D eigenvalue weighted by atomic mass is 15.0. The topological polar surface area (TPSA) is 43.8 Å². The Kier molecular flexibility index (Phi) is 4.15. The van der Waals surface area contributed by atoms with Gasteiger partial charge in [0.05, 0.1) is 12.0 Å². The molecule has 0 saturated carbocycles. The minimum absolute atomic E-state index is 0.215. The van der Waals surface area contributed by atoms with E-state index in [0.29, 0.717) is 0 Å². The maximum Gasteiger partial charge on any atom is 0.0952 e. The molecule has 0 radical (unpaired) electrons. The van der Waals surface area contributed by atoms with Crippen molar-refractivity contribution in [3.05, 3.63) is 53.6 Å². The number of rotatable bonds is 5. The molecule has 1 heterocycles. The number of benzene rings is 1. The highest BCUT2D eigenvalue weighted by Gasteiger charge is 2.04. The summed E-state index contributed by atoms with van der Waals surface area (Å²) in [6.07, 6.45) is 5.83. The third-order valence-electron chi connectivity index (χ3n) is 3.13. The van der Waals surface area contributed by atoms with Crippen molar-refractivity contribution < 1.29 is 0 Å². The molecule has 0 saturated heterocycles. The van der Waals surface area contributed by atoms with Gasteiger partial charge in [0.25, 0.3) is 0 Å². The average Bonchev–Trinajstić information content (AvgIpc) is 2.76. The molecule has 18 heavy (non-hydrogen) atoms. The van der Waals surface area contributed by atoms with Crippen molar-refractivity contribution >= 4 is 0 Å². The van der Waals surface area contributed by atoms with Crippen molar-refractivity contribution in [1.82, 2.24) is 9.55 Å². The molecule has 0 amide bonds. The molecule has 2 aromatic rings. The first-order chi connectivity index (χ1) is 8.67. The number of nitrogens with two attached hydrogens (primary N) is 1. The van der Waals surface area contributed by atoms with Crippen LogP contribution >= 0.6 is 0 Å². The van der Waals surface area contributed by atoms with E-state index < -0.39 is 0 Å². The molecule has 96 valence electrons. The van der Waals surface area contributed by atoms with E-state index in [1.165, 1.54) is 11.1 Å². The minimum atomic E-state index is 0.215. The average molecular weight is 243 g/mol. The third-order valence-corrected chi connectivity index (χ3v) is 3.13. The number of hydrogen-bond donors (Lipinski definition) is 1. The fourth-order valence-corrected chi connectivity index (χ4v) is 2.03. The van der Waals surface area contributed by atoms with Crippen LogP contribution in [0.5, 0.6) is 0 Å². The third kappa shape index (κ3) is 3.44. The van der Waals surface area contributed by atoms with Crippen LogP contribution in [0.15, 0.2) is 36.8 Å². The SMILES string of the molecule is CCC(N)Cc1cn(Cc2cccc(C)c2)cn1. The molecular formula is C15H21N3. The molecule has 3 heteroatoms. The van der Waals surface area contributed by atoms with Crippen molar-refractivity contribution in [3.63, 3.8) is 0 Å². The number of aromatic nitrogens is 2. The van der Waals surface area contributed by atoms with E-state index in [1.807, 2.05) is 6.33 Å². The van der Waals surface area contributed by atoms with E-state index in [9.17, 15) is 0 Å². The summed E-state index contributed by atoms with van der Waals surface area (Å²) >= 11 is 0. The molecule has 0 aliphatic heterocycles. The lowest BCUT2D eigenvalue weighted by atomic mass is 10.1. The van der Waals surface area contributed by atoms with Crippen LogP contribution in [0.1, 0.15) is 30.2 Å². The number of hydrogen-bond acceptors (Lipinski definition) is 2. The van der Waals surface area contributed by atoms with Crippen LogP contribution in [0.4, 0.5) is 0 Å². The molecule has 0 fully saturated rings. The van der Waals surface area contributed by atoms with Gasteiger partial charge < -0.3 is 10.3 Å². The zero-order valence-electron chi connectivity index (χ0n) is 11.1. The Morgan fingerprint density at radius 3 is 2.94 bits per heavy atom. The van der Waals surface area contributed by atoms with Gasteiger partial charge in [0.2, 0.25) is 0 Å². The van der Waals surface area contributed by atoms with E-state index in [4.69, 9.17) is 5.73 Å². The number of nitrogens with zero attached hydrogens (tertiary/aromatic N) is 2. The Labute approximate surface area is 109 Å². The normalized spacial score (nSPS) is 12.6. The van der Waals surface area contributed by atoms with Crippen LogP contribution < -0.4 is 5.73 Å². The molecule has 1 aromatic carbocycles. The van der Waals surface area contributed by atoms with Gasteiger partial charge in [0.1, 0.15) is 0 Å².